The van der Waals surface area contributed by atoms with E-state index in [1.54, 1.807) is 10.0 Å². The Morgan fingerprint density at radius 2 is 2.21 bits per heavy atom. The molecule has 0 nitrogen and oxygen atoms in total. The maximum atomic E-state index is 2.47. The topological polar surface area (TPSA) is 0 Å². The van der Waals surface area contributed by atoms with Crippen molar-refractivity contribution in [3.8, 4) is 0 Å². The van der Waals surface area contributed by atoms with Gasteiger partial charge in [0.15, 0.2) is 0 Å². The van der Waals surface area contributed by atoms with Crippen LogP contribution in [-0.2, 0) is 5.32 Å². The zero-order valence-electron chi connectivity index (χ0n) is 8.62. The average molecular weight is 251 g/mol. The van der Waals surface area contributed by atoms with Gasteiger partial charge in [0.1, 0.15) is 0 Å². The van der Waals surface area contributed by atoms with Crippen LogP contribution < -0.4 is 0 Å². The summed E-state index contributed by atoms with van der Waals surface area (Å²) in [5.41, 5.74) is 3.10. The SMILES string of the molecule is CCCC/C=C1\[Se]Cc2ccccc21. The van der Waals surface area contributed by atoms with Crippen LogP contribution in [0, 0.1) is 0 Å². The van der Waals surface area contributed by atoms with E-state index in [-0.39, 0.29) is 0 Å². The van der Waals surface area contributed by atoms with E-state index in [0.717, 1.165) is 0 Å². The molecule has 0 saturated heterocycles. The Morgan fingerprint density at radius 1 is 1.36 bits per heavy atom. The number of hydrogen-bond donors (Lipinski definition) is 0. The minimum absolute atomic E-state index is 0.706. The first-order chi connectivity index (χ1) is 6.92. The molecular weight excluding hydrogens is 235 g/mol. The summed E-state index contributed by atoms with van der Waals surface area (Å²) in [4.78, 5) is 0. The zero-order valence-corrected chi connectivity index (χ0v) is 10.3. The minimum atomic E-state index is 0.706. The molecule has 1 aliphatic rings. The molecular formula is C13H16Se. The van der Waals surface area contributed by atoms with Crippen LogP contribution in [0.25, 0.3) is 4.47 Å². The zero-order chi connectivity index (χ0) is 9.80. The molecule has 0 unspecified atom stereocenters. The van der Waals surface area contributed by atoms with Crippen molar-refractivity contribution in [2.24, 2.45) is 0 Å². The average Bonchev–Trinajstić information content (AvgIpc) is 2.63. The molecule has 14 heavy (non-hydrogen) atoms. The molecule has 1 aromatic rings. The van der Waals surface area contributed by atoms with Gasteiger partial charge in [-0.05, 0) is 0 Å². The van der Waals surface area contributed by atoms with E-state index in [1.807, 2.05) is 0 Å². The number of unbranched alkanes of at least 4 members (excludes halogenated alkanes) is 2. The summed E-state index contributed by atoms with van der Waals surface area (Å²) in [5, 5.41) is 1.31. The van der Waals surface area contributed by atoms with Crippen molar-refractivity contribution in [1.29, 1.82) is 0 Å². The van der Waals surface area contributed by atoms with Gasteiger partial charge in [-0.15, -0.1) is 0 Å². The molecule has 0 aliphatic carbocycles. The first-order valence-electron chi connectivity index (χ1n) is 5.33. The normalized spacial score (nSPS) is 17.4. The van der Waals surface area contributed by atoms with Crippen molar-refractivity contribution in [3.63, 3.8) is 0 Å². The van der Waals surface area contributed by atoms with E-state index < -0.39 is 0 Å². The van der Waals surface area contributed by atoms with Crippen LogP contribution in [-0.4, -0.2) is 15.0 Å². The van der Waals surface area contributed by atoms with E-state index in [2.05, 4.69) is 37.3 Å². The molecule has 74 valence electrons. The van der Waals surface area contributed by atoms with Crippen molar-refractivity contribution in [2.75, 3.05) is 0 Å². The first kappa shape index (κ1) is 10.0. The number of fused-ring (bicyclic) bond motifs is 1. The van der Waals surface area contributed by atoms with E-state index in [0.29, 0.717) is 15.0 Å². The van der Waals surface area contributed by atoms with Gasteiger partial charge in [-0.3, -0.25) is 0 Å². The van der Waals surface area contributed by atoms with E-state index >= 15 is 0 Å². The van der Waals surface area contributed by atoms with E-state index in [4.69, 9.17) is 0 Å². The molecule has 1 aromatic carbocycles. The standard InChI is InChI=1S/C13H16Se/c1-2-3-4-9-13-12-8-6-5-7-11(12)10-14-13/h5-9H,2-4,10H2,1H3/b13-9-. The summed E-state index contributed by atoms with van der Waals surface area (Å²) in [6, 6.07) is 8.87. The Bertz CT molecular complexity index is 339. The van der Waals surface area contributed by atoms with Gasteiger partial charge >= 0.3 is 92.4 Å². The molecule has 1 aliphatic heterocycles. The second-order valence-electron chi connectivity index (χ2n) is 3.66. The molecule has 0 fully saturated rings. The van der Waals surface area contributed by atoms with Gasteiger partial charge in [-0.2, -0.15) is 0 Å². The summed E-state index contributed by atoms with van der Waals surface area (Å²) < 4.78 is 1.64. The Balaban J connectivity index is 2.13. The fraction of sp³-hybridized carbons (Fsp3) is 0.385. The molecule has 0 atom stereocenters. The predicted octanol–water partition coefficient (Wildman–Crippen LogP) is 3.44. The summed E-state index contributed by atoms with van der Waals surface area (Å²) in [5.74, 6) is 0. The van der Waals surface area contributed by atoms with Gasteiger partial charge in [0.2, 0.25) is 0 Å². The summed E-state index contributed by atoms with van der Waals surface area (Å²) in [6.45, 7) is 2.26. The maximum absolute atomic E-state index is 2.47. The molecule has 0 aromatic heterocycles. The third-order valence-corrected chi connectivity index (χ3v) is 4.97. The molecule has 2 rings (SSSR count). The van der Waals surface area contributed by atoms with Crippen LogP contribution in [0.4, 0.5) is 0 Å². The van der Waals surface area contributed by atoms with Crippen LogP contribution in [0.1, 0.15) is 37.3 Å². The molecule has 1 heteroatoms. The van der Waals surface area contributed by atoms with E-state index in [1.165, 1.54) is 30.1 Å². The number of benzene rings is 1. The third-order valence-electron chi connectivity index (χ3n) is 2.55. The van der Waals surface area contributed by atoms with Gasteiger partial charge < -0.3 is 0 Å². The van der Waals surface area contributed by atoms with Crippen molar-refractivity contribution in [1.82, 2.24) is 0 Å². The fourth-order valence-corrected chi connectivity index (χ4v) is 4.15. The quantitative estimate of drug-likeness (QED) is 0.570. The number of rotatable bonds is 3. The van der Waals surface area contributed by atoms with Gasteiger partial charge in [0.25, 0.3) is 0 Å². The Morgan fingerprint density at radius 3 is 3.07 bits per heavy atom. The van der Waals surface area contributed by atoms with Gasteiger partial charge in [0.05, 0.1) is 0 Å². The second-order valence-corrected chi connectivity index (χ2v) is 5.79. The molecule has 1 heterocycles. The predicted molar refractivity (Wildman–Crippen MR) is 63.4 cm³/mol. The van der Waals surface area contributed by atoms with Crippen LogP contribution in [0.2, 0.25) is 0 Å². The Kier molecular flexibility index (Phi) is 3.44. The van der Waals surface area contributed by atoms with Crippen LogP contribution in [0.3, 0.4) is 0 Å². The Hall–Kier alpha value is -0.521. The molecule has 0 N–H and O–H groups in total. The van der Waals surface area contributed by atoms with Gasteiger partial charge in [-0.1, -0.05) is 0 Å². The number of hydrogen-bond acceptors (Lipinski definition) is 0. The second kappa shape index (κ2) is 4.82. The number of allylic oxidation sites excluding steroid dienone is 1. The monoisotopic (exact) mass is 252 g/mol. The first-order valence-corrected chi connectivity index (χ1v) is 7.40. The molecule has 0 bridgehead atoms. The van der Waals surface area contributed by atoms with Crippen LogP contribution in [0.15, 0.2) is 30.3 Å². The van der Waals surface area contributed by atoms with Gasteiger partial charge in [-0.25, -0.2) is 0 Å². The third kappa shape index (κ3) is 2.10. The molecule has 0 saturated carbocycles. The fourth-order valence-electron chi connectivity index (χ4n) is 1.73. The summed E-state index contributed by atoms with van der Waals surface area (Å²) in [7, 11) is 0. The van der Waals surface area contributed by atoms with Crippen molar-refractivity contribution < 1.29 is 0 Å². The molecule has 0 spiro atoms. The summed E-state index contributed by atoms with van der Waals surface area (Å²) in [6.07, 6.45) is 6.37. The summed E-state index contributed by atoms with van der Waals surface area (Å²) >= 11 is 0.706. The Labute approximate surface area is 92.6 Å². The van der Waals surface area contributed by atoms with Crippen molar-refractivity contribution in [2.45, 2.75) is 31.5 Å². The van der Waals surface area contributed by atoms with Gasteiger partial charge in [0, 0.05) is 0 Å². The van der Waals surface area contributed by atoms with Crippen molar-refractivity contribution >= 4 is 19.4 Å². The van der Waals surface area contributed by atoms with Crippen molar-refractivity contribution in [3.05, 3.63) is 41.5 Å². The molecule has 0 amide bonds. The molecule has 0 radical (unpaired) electrons. The van der Waals surface area contributed by atoms with Crippen LogP contribution in [0.5, 0.6) is 0 Å². The van der Waals surface area contributed by atoms with Crippen LogP contribution >= 0.6 is 0 Å². The van der Waals surface area contributed by atoms with E-state index in [9.17, 15) is 0 Å².